The van der Waals surface area contributed by atoms with Crippen LogP contribution in [0.1, 0.15) is 5.56 Å². The van der Waals surface area contributed by atoms with Crippen molar-refractivity contribution in [3.63, 3.8) is 0 Å². The van der Waals surface area contributed by atoms with Crippen LogP contribution >= 0.6 is 0 Å². The highest BCUT2D eigenvalue weighted by Crippen LogP contribution is 2.20. The SMILES string of the molecule is COc1ccc(NC(=O)C(C#N)=Cc2cccc3[nH]ccc23)cn1. The molecule has 0 bridgehead atoms. The van der Waals surface area contributed by atoms with E-state index in [0.717, 1.165) is 16.5 Å². The van der Waals surface area contributed by atoms with Gasteiger partial charge in [0.2, 0.25) is 5.88 Å². The monoisotopic (exact) mass is 318 g/mol. The molecule has 24 heavy (non-hydrogen) atoms. The number of nitrogens with one attached hydrogen (secondary N) is 2. The number of benzene rings is 1. The number of hydrogen-bond donors (Lipinski definition) is 2. The molecule has 2 heterocycles. The van der Waals surface area contributed by atoms with E-state index in [-0.39, 0.29) is 5.57 Å². The number of aromatic amines is 1. The van der Waals surface area contributed by atoms with Crippen LogP contribution in [0, 0.1) is 11.3 Å². The second-order valence-corrected chi connectivity index (χ2v) is 5.00. The average Bonchev–Trinajstić information content (AvgIpc) is 3.09. The molecule has 0 radical (unpaired) electrons. The van der Waals surface area contributed by atoms with Gasteiger partial charge < -0.3 is 15.0 Å². The summed E-state index contributed by atoms with van der Waals surface area (Å²) >= 11 is 0. The normalized spacial score (nSPS) is 11.1. The maximum absolute atomic E-state index is 12.3. The lowest BCUT2D eigenvalue weighted by Gasteiger charge is -2.05. The van der Waals surface area contributed by atoms with Crippen molar-refractivity contribution in [3.05, 3.63) is 59.9 Å². The van der Waals surface area contributed by atoms with E-state index < -0.39 is 5.91 Å². The lowest BCUT2D eigenvalue weighted by molar-refractivity contribution is -0.112. The third kappa shape index (κ3) is 3.10. The minimum atomic E-state index is -0.489. The molecule has 3 aromatic rings. The second kappa shape index (κ2) is 6.67. The molecule has 2 N–H and O–H groups in total. The number of amides is 1. The number of carbonyl (C=O) groups is 1. The van der Waals surface area contributed by atoms with Crippen molar-refractivity contribution in [2.75, 3.05) is 12.4 Å². The molecule has 0 spiro atoms. The standard InChI is InChI=1S/C18H14N4O2/c1-24-17-6-5-14(11-21-17)22-18(23)13(10-19)9-12-3-2-4-16-15(12)7-8-20-16/h2-9,11,20H,1H3,(H,22,23). The number of hydrogen-bond acceptors (Lipinski definition) is 4. The average molecular weight is 318 g/mol. The van der Waals surface area contributed by atoms with Crippen LogP contribution in [0.4, 0.5) is 5.69 Å². The molecule has 0 saturated heterocycles. The summed E-state index contributed by atoms with van der Waals surface area (Å²) in [5.74, 6) is -0.0415. The number of H-pyrrole nitrogens is 1. The largest absolute Gasteiger partial charge is 0.481 e. The number of nitriles is 1. The Morgan fingerprint density at radius 2 is 2.21 bits per heavy atom. The zero-order valence-corrected chi connectivity index (χ0v) is 12.9. The molecule has 1 aromatic carbocycles. The number of nitrogens with zero attached hydrogens (tertiary/aromatic N) is 2. The van der Waals surface area contributed by atoms with Crippen molar-refractivity contribution in [1.29, 1.82) is 5.26 Å². The summed E-state index contributed by atoms with van der Waals surface area (Å²) in [6, 6.07) is 12.8. The summed E-state index contributed by atoms with van der Waals surface area (Å²) in [5.41, 5.74) is 2.25. The topological polar surface area (TPSA) is 90.8 Å². The van der Waals surface area contributed by atoms with Crippen molar-refractivity contribution < 1.29 is 9.53 Å². The lowest BCUT2D eigenvalue weighted by Crippen LogP contribution is -2.13. The maximum atomic E-state index is 12.3. The molecule has 3 rings (SSSR count). The van der Waals surface area contributed by atoms with Gasteiger partial charge in [0.05, 0.1) is 19.0 Å². The summed E-state index contributed by atoms with van der Waals surface area (Å²) in [5, 5.41) is 12.9. The summed E-state index contributed by atoms with van der Waals surface area (Å²) < 4.78 is 4.96. The molecule has 0 fully saturated rings. The molecule has 1 amide bonds. The van der Waals surface area contributed by atoms with Gasteiger partial charge in [0, 0.05) is 23.2 Å². The first-order valence-electron chi connectivity index (χ1n) is 7.20. The van der Waals surface area contributed by atoms with Crippen molar-refractivity contribution in [2.24, 2.45) is 0 Å². The third-order valence-electron chi connectivity index (χ3n) is 3.50. The van der Waals surface area contributed by atoms with E-state index in [1.165, 1.54) is 13.3 Å². The van der Waals surface area contributed by atoms with Crippen LogP contribution in [0.3, 0.4) is 0 Å². The Labute approximate surface area is 138 Å². The summed E-state index contributed by atoms with van der Waals surface area (Å²) in [6.07, 6.45) is 4.86. The van der Waals surface area contributed by atoms with Crippen molar-refractivity contribution >= 4 is 28.6 Å². The number of ether oxygens (including phenoxy) is 1. The Bertz CT molecular complexity index is 949. The Morgan fingerprint density at radius 3 is 2.92 bits per heavy atom. The number of methoxy groups -OCH3 is 1. The Hall–Kier alpha value is -3.59. The van der Waals surface area contributed by atoms with E-state index in [9.17, 15) is 10.1 Å². The third-order valence-corrected chi connectivity index (χ3v) is 3.50. The van der Waals surface area contributed by atoms with Gasteiger partial charge in [0.1, 0.15) is 11.6 Å². The highest BCUT2D eigenvalue weighted by atomic mass is 16.5. The van der Waals surface area contributed by atoms with Gasteiger partial charge in [-0.3, -0.25) is 4.79 Å². The molecular formula is C18H14N4O2. The summed E-state index contributed by atoms with van der Waals surface area (Å²) in [7, 11) is 1.51. The van der Waals surface area contributed by atoms with E-state index >= 15 is 0 Å². The lowest BCUT2D eigenvalue weighted by atomic mass is 10.1. The maximum Gasteiger partial charge on any atom is 0.266 e. The van der Waals surface area contributed by atoms with E-state index in [1.54, 1.807) is 18.2 Å². The Morgan fingerprint density at radius 1 is 1.33 bits per heavy atom. The van der Waals surface area contributed by atoms with Gasteiger partial charge in [0.25, 0.3) is 5.91 Å². The molecule has 6 nitrogen and oxygen atoms in total. The van der Waals surface area contributed by atoms with Crippen LogP contribution in [0.25, 0.3) is 17.0 Å². The molecule has 0 atom stereocenters. The molecular weight excluding hydrogens is 304 g/mol. The number of aromatic nitrogens is 2. The quantitative estimate of drug-likeness (QED) is 0.571. The Kier molecular flexibility index (Phi) is 4.25. The van der Waals surface area contributed by atoms with Gasteiger partial charge in [-0.25, -0.2) is 4.98 Å². The fourth-order valence-corrected chi connectivity index (χ4v) is 2.31. The highest BCUT2D eigenvalue weighted by Gasteiger charge is 2.11. The Balaban J connectivity index is 1.86. The van der Waals surface area contributed by atoms with Crippen LogP contribution in [0.15, 0.2) is 54.4 Å². The van der Waals surface area contributed by atoms with Crippen LogP contribution < -0.4 is 10.1 Å². The predicted molar refractivity (Wildman–Crippen MR) is 91.3 cm³/mol. The molecule has 0 aliphatic heterocycles. The van der Waals surface area contributed by atoms with Gasteiger partial charge in [-0.2, -0.15) is 5.26 Å². The predicted octanol–water partition coefficient (Wildman–Crippen LogP) is 3.12. The van der Waals surface area contributed by atoms with E-state index in [4.69, 9.17) is 4.74 Å². The number of anilines is 1. The fraction of sp³-hybridized carbons (Fsp3) is 0.0556. The molecule has 0 unspecified atom stereocenters. The zero-order chi connectivity index (χ0) is 16.9. The number of pyridine rings is 1. The smallest absolute Gasteiger partial charge is 0.266 e. The molecule has 2 aromatic heterocycles. The zero-order valence-electron chi connectivity index (χ0n) is 12.9. The number of rotatable bonds is 4. The first-order chi connectivity index (χ1) is 11.7. The van der Waals surface area contributed by atoms with Crippen molar-refractivity contribution in [2.45, 2.75) is 0 Å². The van der Waals surface area contributed by atoms with Gasteiger partial charge in [-0.05, 0) is 29.8 Å². The van der Waals surface area contributed by atoms with Gasteiger partial charge in [0.15, 0.2) is 0 Å². The fourth-order valence-electron chi connectivity index (χ4n) is 2.31. The molecule has 0 saturated carbocycles. The van der Waals surface area contributed by atoms with Crippen LogP contribution in [0.5, 0.6) is 5.88 Å². The van der Waals surface area contributed by atoms with Crippen LogP contribution in [-0.2, 0) is 4.79 Å². The molecule has 118 valence electrons. The van der Waals surface area contributed by atoms with Gasteiger partial charge >= 0.3 is 0 Å². The van der Waals surface area contributed by atoms with Crippen LogP contribution in [0.2, 0.25) is 0 Å². The minimum absolute atomic E-state index is 0.0134. The summed E-state index contributed by atoms with van der Waals surface area (Å²) in [4.78, 5) is 19.4. The minimum Gasteiger partial charge on any atom is -0.481 e. The first kappa shape index (κ1) is 15.3. The molecule has 0 aliphatic carbocycles. The van der Waals surface area contributed by atoms with Crippen molar-refractivity contribution in [3.8, 4) is 11.9 Å². The van der Waals surface area contributed by atoms with Crippen molar-refractivity contribution in [1.82, 2.24) is 9.97 Å². The first-order valence-corrected chi connectivity index (χ1v) is 7.20. The highest BCUT2D eigenvalue weighted by molar-refractivity contribution is 6.10. The van der Waals surface area contributed by atoms with Gasteiger partial charge in [-0.1, -0.05) is 12.1 Å². The van der Waals surface area contributed by atoms with E-state index in [2.05, 4.69) is 15.3 Å². The number of carbonyl (C=O) groups excluding carboxylic acids is 1. The molecule has 0 aliphatic rings. The van der Waals surface area contributed by atoms with Crippen LogP contribution in [-0.4, -0.2) is 23.0 Å². The van der Waals surface area contributed by atoms with E-state index in [1.807, 2.05) is 36.5 Å². The van der Waals surface area contributed by atoms with E-state index in [0.29, 0.717) is 11.6 Å². The molecule has 6 heteroatoms. The number of fused-ring (bicyclic) bond motifs is 1. The summed E-state index contributed by atoms with van der Waals surface area (Å²) in [6.45, 7) is 0. The second-order valence-electron chi connectivity index (χ2n) is 5.00. The van der Waals surface area contributed by atoms with Gasteiger partial charge in [-0.15, -0.1) is 0 Å².